The van der Waals surface area contributed by atoms with Gasteiger partial charge < -0.3 is 4.74 Å². The third-order valence-corrected chi connectivity index (χ3v) is 5.83. The van der Waals surface area contributed by atoms with E-state index in [1.807, 2.05) is 19.9 Å². The first-order valence-electron chi connectivity index (χ1n) is 10.4. The summed E-state index contributed by atoms with van der Waals surface area (Å²) >= 11 is 0. The number of halogens is 3. The van der Waals surface area contributed by atoms with E-state index in [9.17, 15) is 13.2 Å². The zero-order valence-corrected chi connectivity index (χ0v) is 16.7. The van der Waals surface area contributed by atoms with E-state index in [1.165, 1.54) is 0 Å². The van der Waals surface area contributed by atoms with Crippen molar-refractivity contribution in [3.8, 4) is 0 Å². The molecule has 0 bridgehead atoms. The molecule has 0 amide bonds. The lowest BCUT2D eigenvalue weighted by atomic mass is 9.82. The summed E-state index contributed by atoms with van der Waals surface area (Å²) in [6, 6.07) is 8.76. The van der Waals surface area contributed by atoms with Crippen molar-refractivity contribution in [2.75, 3.05) is 0 Å². The maximum absolute atomic E-state index is 14.5. The Bertz CT molecular complexity index is 795. The molecular weight excluding hydrogens is 361 g/mol. The molecule has 0 heterocycles. The van der Waals surface area contributed by atoms with Gasteiger partial charge >= 0.3 is 0 Å². The first kappa shape index (κ1) is 20.9. The van der Waals surface area contributed by atoms with Crippen LogP contribution in [0.2, 0.25) is 0 Å². The molecule has 4 heteroatoms. The van der Waals surface area contributed by atoms with E-state index in [4.69, 9.17) is 4.74 Å². The van der Waals surface area contributed by atoms with Crippen LogP contribution in [-0.2, 0) is 24.2 Å². The molecule has 0 aliphatic heterocycles. The second kappa shape index (κ2) is 9.60. The van der Waals surface area contributed by atoms with Gasteiger partial charge in [-0.25, -0.2) is 13.2 Å². The molecule has 0 unspecified atom stereocenters. The van der Waals surface area contributed by atoms with Gasteiger partial charge in [-0.05, 0) is 67.2 Å². The van der Waals surface area contributed by atoms with Gasteiger partial charge in [-0.15, -0.1) is 0 Å². The standard InChI is InChI=1S/C24H29F3O/c1-3-5-18-10-13-21(24(27)23(18)26)17-8-11-20(12-9-17)28-15-19-7-6-16(4-2)14-22(19)25/h6-7,10,13-14,17,20H,3-5,8-9,11-12,15H2,1-2H3. The Morgan fingerprint density at radius 3 is 2.25 bits per heavy atom. The van der Waals surface area contributed by atoms with Gasteiger partial charge in [0, 0.05) is 5.56 Å². The van der Waals surface area contributed by atoms with Gasteiger partial charge in [-0.2, -0.15) is 0 Å². The maximum Gasteiger partial charge on any atom is 0.162 e. The molecule has 2 aromatic carbocycles. The van der Waals surface area contributed by atoms with E-state index >= 15 is 0 Å². The molecule has 0 radical (unpaired) electrons. The Labute approximate surface area is 165 Å². The Morgan fingerprint density at radius 1 is 0.893 bits per heavy atom. The highest BCUT2D eigenvalue weighted by Gasteiger charge is 2.26. The van der Waals surface area contributed by atoms with Crippen molar-refractivity contribution in [1.82, 2.24) is 0 Å². The highest BCUT2D eigenvalue weighted by molar-refractivity contribution is 5.29. The highest BCUT2D eigenvalue weighted by atomic mass is 19.2. The first-order valence-corrected chi connectivity index (χ1v) is 10.4. The van der Waals surface area contributed by atoms with Gasteiger partial charge in [0.15, 0.2) is 11.6 Å². The van der Waals surface area contributed by atoms with Crippen LogP contribution in [0.1, 0.15) is 74.1 Å². The molecule has 28 heavy (non-hydrogen) atoms. The Morgan fingerprint density at radius 2 is 1.61 bits per heavy atom. The van der Waals surface area contributed by atoms with Crippen LogP contribution in [0, 0.1) is 17.5 Å². The molecule has 0 spiro atoms. The van der Waals surface area contributed by atoms with E-state index in [-0.39, 0.29) is 24.4 Å². The Kier molecular flexibility index (Phi) is 7.17. The lowest BCUT2D eigenvalue weighted by molar-refractivity contribution is 0.0118. The molecule has 0 atom stereocenters. The van der Waals surface area contributed by atoms with Crippen molar-refractivity contribution in [3.05, 3.63) is 70.0 Å². The SMILES string of the molecule is CCCc1ccc(C2CCC(OCc3ccc(CC)cc3F)CC2)c(F)c1F. The van der Waals surface area contributed by atoms with Crippen LogP contribution in [0.3, 0.4) is 0 Å². The molecule has 1 nitrogen and oxygen atoms in total. The lowest BCUT2D eigenvalue weighted by Gasteiger charge is -2.29. The fraction of sp³-hybridized carbons (Fsp3) is 0.500. The summed E-state index contributed by atoms with van der Waals surface area (Å²) in [4.78, 5) is 0. The van der Waals surface area contributed by atoms with Crippen molar-refractivity contribution in [2.24, 2.45) is 0 Å². The molecule has 3 rings (SSSR count). The summed E-state index contributed by atoms with van der Waals surface area (Å²) in [6.45, 7) is 4.20. The molecule has 152 valence electrons. The minimum Gasteiger partial charge on any atom is -0.373 e. The molecule has 0 aromatic heterocycles. The Balaban J connectivity index is 1.55. The molecule has 1 aliphatic carbocycles. The largest absolute Gasteiger partial charge is 0.373 e. The van der Waals surface area contributed by atoms with Crippen molar-refractivity contribution in [3.63, 3.8) is 0 Å². The number of benzene rings is 2. The second-order valence-corrected chi connectivity index (χ2v) is 7.76. The van der Waals surface area contributed by atoms with Crippen LogP contribution in [0.4, 0.5) is 13.2 Å². The van der Waals surface area contributed by atoms with Crippen molar-refractivity contribution >= 4 is 0 Å². The predicted octanol–water partition coefficient (Wildman–Crippen LogP) is 6.86. The topological polar surface area (TPSA) is 9.23 Å². The minimum absolute atomic E-state index is 0.0191. The van der Waals surface area contributed by atoms with Crippen LogP contribution >= 0.6 is 0 Å². The van der Waals surface area contributed by atoms with E-state index in [1.54, 1.807) is 24.3 Å². The van der Waals surface area contributed by atoms with Gasteiger partial charge in [-0.1, -0.05) is 44.5 Å². The molecule has 1 fully saturated rings. The smallest absolute Gasteiger partial charge is 0.162 e. The number of rotatable bonds is 7. The summed E-state index contributed by atoms with van der Waals surface area (Å²) in [7, 11) is 0. The van der Waals surface area contributed by atoms with E-state index in [0.29, 0.717) is 23.1 Å². The van der Waals surface area contributed by atoms with Crippen molar-refractivity contribution in [2.45, 2.75) is 77.4 Å². The van der Waals surface area contributed by atoms with Gasteiger partial charge in [0.25, 0.3) is 0 Å². The highest BCUT2D eigenvalue weighted by Crippen LogP contribution is 2.36. The normalized spacial score (nSPS) is 19.8. The molecule has 1 aliphatic rings. The van der Waals surface area contributed by atoms with Crippen LogP contribution < -0.4 is 0 Å². The average molecular weight is 390 g/mol. The second-order valence-electron chi connectivity index (χ2n) is 7.76. The fourth-order valence-corrected chi connectivity index (χ4v) is 4.06. The monoisotopic (exact) mass is 390 g/mol. The van der Waals surface area contributed by atoms with Crippen molar-refractivity contribution < 1.29 is 17.9 Å². The zero-order chi connectivity index (χ0) is 20.1. The van der Waals surface area contributed by atoms with Gasteiger partial charge in [-0.3, -0.25) is 0 Å². The van der Waals surface area contributed by atoms with E-state index in [2.05, 4.69) is 0 Å². The molecule has 1 saturated carbocycles. The minimum atomic E-state index is -0.691. The lowest BCUT2D eigenvalue weighted by Crippen LogP contribution is -2.21. The van der Waals surface area contributed by atoms with Crippen LogP contribution in [0.5, 0.6) is 0 Å². The Hall–Kier alpha value is -1.81. The van der Waals surface area contributed by atoms with Gasteiger partial charge in [0.05, 0.1) is 12.7 Å². The summed E-state index contributed by atoms with van der Waals surface area (Å²) in [5.74, 6) is -1.58. The number of hydrogen-bond donors (Lipinski definition) is 0. The molecule has 2 aromatic rings. The van der Waals surface area contributed by atoms with E-state index < -0.39 is 11.6 Å². The van der Waals surface area contributed by atoms with Crippen LogP contribution in [0.25, 0.3) is 0 Å². The zero-order valence-electron chi connectivity index (χ0n) is 16.7. The first-order chi connectivity index (χ1) is 13.5. The average Bonchev–Trinajstić information content (AvgIpc) is 2.71. The van der Waals surface area contributed by atoms with Gasteiger partial charge in [0.1, 0.15) is 5.82 Å². The number of aryl methyl sites for hydroxylation is 2. The third kappa shape index (κ3) is 4.78. The maximum atomic E-state index is 14.5. The predicted molar refractivity (Wildman–Crippen MR) is 106 cm³/mol. The number of hydrogen-bond acceptors (Lipinski definition) is 1. The summed E-state index contributed by atoms with van der Waals surface area (Å²) < 4.78 is 48.7. The van der Waals surface area contributed by atoms with Crippen molar-refractivity contribution in [1.29, 1.82) is 0 Å². The fourth-order valence-electron chi connectivity index (χ4n) is 4.06. The summed E-state index contributed by atoms with van der Waals surface area (Å²) in [6.07, 6.45) is 5.25. The molecular formula is C24H29F3O. The molecule has 0 saturated heterocycles. The summed E-state index contributed by atoms with van der Waals surface area (Å²) in [5, 5.41) is 0. The van der Waals surface area contributed by atoms with Crippen LogP contribution in [-0.4, -0.2) is 6.10 Å². The molecule has 0 N–H and O–H groups in total. The van der Waals surface area contributed by atoms with Gasteiger partial charge in [0.2, 0.25) is 0 Å². The third-order valence-electron chi connectivity index (χ3n) is 5.83. The number of ether oxygens (including phenoxy) is 1. The quantitative estimate of drug-likeness (QED) is 0.502. The van der Waals surface area contributed by atoms with Crippen LogP contribution in [0.15, 0.2) is 30.3 Å². The van der Waals surface area contributed by atoms with E-state index in [0.717, 1.165) is 44.1 Å². The summed E-state index contributed by atoms with van der Waals surface area (Å²) in [5.41, 5.74) is 2.48.